The van der Waals surface area contributed by atoms with Crippen LogP contribution >= 0.6 is 0 Å². The summed E-state index contributed by atoms with van der Waals surface area (Å²) in [4.78, 5) is 26.1. The molecule has 2 aliphatic carbocycles. The SMILES string of the molecule is CC1CC(C(=O)O)CN(C(=O)C2CC23CCc2ccccc23)C1. The Kier molecular flexibility index (Phi) is 3.26. The summed E-state index contributed by atoms with van der Waals surface area (Å²) in [5.74, 6) is -0.677. The third kappa shape index (κ3) is 2.27. The molecule has 0 aromatic heterocycles. The molecule has 1 spiro atoms. The summed E-state index contributed by atoms with van der Waals surface area (Å²) < 4.78 is 0. The molecule has 4 rings (SSSR count). The number of likely N-dealkylation sites (tertiary alicyclic amines) is 1. The van der Waals surface area contributed by atoms with Crippen molar-refractivity contribution in [3.63, 3.8) is 0 Å². The average molecular weight is 313 g/mol. The summed E-state index contributed by atoms with van der Waals surface area (Å²) >= 11 is 0. The van der Waals surface area contributed by atoms with Gasteiger partial charge in [-0.05, 0) is 42.7 Å². The van der Waals surface area contributed by atoms with Gasteiger partial charge >= 0.3 is 5.97 Å². The molecule has 4 unspecified atom stereocenters. The molecule has 1 saturated carbocycles. The first-order chi connectivity index (χ1) is 11.0. The molecule has 1 aromatic carbocycles. The molecule has 0 radical (unpaired) electrons. The molecule has 23 heavy (non-hydrogen) atoms. The lowest BCUT2D eigenvalue weighted by atomic mass is 9.89. The lowest BCUT2D eigenvalue weighted by Crippen LogP contribution is -2.46. The van der Waals surface area contributed by atoms with E-state index in [2.05, 4.69) is 24.3 Å². The average Bonchev–Trinajstić information content (AvgIpc) is 3.15. The second-order valence-corrected chi connectivity index (χ2v) is 7.69. The highest BCUT2D eigenvalue weighted by Crippen LogP contribution is 2.62. The van der Waals surface area contributed by atoms with Crippen molar-refractivity contribution in [2.24, 2.45) is 17.8 Å². The zero-order valence-electron chi connectivity index (χ0n) is 13.5. The van der Waals surface area contributed by atoms with Crippen molar-refractivity contribution < 1.29 is 14.7 Å². The quantitative estimate of drug-likeness (QED) is 0.912. The monoisotopic (exact) mass is 313 g/mol. The number of carbonyl (C=O) groups is 2. The Labute approximate surface area is 136 Å². The van der Waals surface area contributed by atoms with Crippen molar-refractivity contribution in [1.29, 1.82) is 0 Å². The van der Waals surface area contributed by atoms with Crippen LogP contribution in [-0.2, 0) is 21.4 Å². The van der Waals surface area contributed by atoms with Crippen LogP contribution in [0.25, 0.3) is 0 Å². The first kappa shape index (κ1) is 14.7. The Morgan fingerprint density at radius 2 is 2.04 bits per heavy atom. The number of carboxylic acids is 1. The number of fused-ring (bicyclic) bond motifs is 2. The van der Waals surface area contributed by atoms with E-state index in [1.807, 2.05) is 11.8 Å². The third-order valence-electron chi connectivity index (χ3n) is 6.09. The Morgan fingerprint density at radius 3 is 2.83 bits per heavy atom. The Balaban J connectivity index is 1.52. The molecule has 0 bridgehead atoms. The summed E-state index contributed by atoms with van der Waals surface area (Å²) in [6.45, 7) is 3.13. The molecule has 2 fully saturated rings. The van der Waals surface area contributed by atoms with E-state index < -0.39 is 11.9 Å². The molecular weight excluding hydrogens is 290 g/mol. The molecule has 1 saturated heterocycles. The third-order valence-corrected chi connectivity index (χ3v) is 6.09. The topological polar surface area (TPSA) is 57.6 Å². The zero-order chi connectivity index (χ0) is 16.2. The van der Waals surface area contributed by atoms with Crippen molar-refractivity contribution in [1.82, 2.24) is 4.90 Å². The normalized spacial score (nSPS) is 35.2. The molecule has 3 aliphatic rings. The van der Waals surface area contributed by atoms with E-state index in [-0.39, 0.29) is 23.2 Å². The number of aryl methyl sites for hydroxylation is 1. The highest BCUT2D eigenvalue weighted by Gasteiger charge is 2.62. The molecule has 4 heteroatoms. The van der Waals surface area contributed by atoms with Crippen LogP contribution < -0.4 is 0 Å². The Bertz CT molecular complexity index is 670. The lowest BCUT2D eigenvalue weighted by molar-refractivity contribution is -0.147. The summed E-state index contributed by atoms with van der Waals surface area (Å²) in [6, 6.07) is 8.48. The number of carbonyl (C=O) groups excluding carboxylic acids is 1. The number of benzene rings is 1. The number of hydrogen-bond donors (Lipinski definition) is 1. The van der Waals surface area contributed by atoms with Crippen LogP contribution in [0.1, 0.15) is 37.3 Å². The van der Waals surface area contributed by atoms with Crippen molar-refractivity contribution in [2.75, 3.05) is 13.1 Å². The number of amides is 1. The van der Waals surface area contributed by atoms with Crippen LogP contribution in [0.4, 0.5) is 0 Å². The summed E-state index contributed by atoms with van der Waals surface area (Å²) in [7, 11) is 0. The van der Waals surface area contributed by atoms with Gasteiger partial charge < -0.3 is 10.0 Å². The van der Waals surface area contributed by atoms with E-state index in [9.17, 15) is 14.7 Å². The smallest absolute Gasteiger partial charge is 0.308 e. The molecule has 1 aliphatic heterocycles. The van der Waals surface area contributed by atoms with Gasteiger partial charge in [-0.25, -0.2) is 0 Å². The van der Waals surface area contributed by atoms with Crippen LogP contribution in [0.3, 0.4) is 0 Å². The highest BCUT2D eigenvalue weighted by atomic mass is 16.4. The van der Waals surface area contributed by atoms with E-state index in [0.29, 0.717) is 19.5 Å². The van der Waals surface area contributed by atoms with E-state index in [1.54, 1.807) is 0 Å². The van der Waals surface area contributed by atoms with Crippen LogP contribution in [0.5, 0.6) is 0 Å². The van der Waals surface area contributed by atoms with Crippen molar-refractivity contribution in [3.05, 3.63) is 35.4 Å². The molecule has 1 heterocycles. The molecule has 1 aromatic rings. The molecule has 1 amide bonds. The maximum atomic E-state index is 13.0. The largest absolute Gasteiger partial charge is 0.481 e. The van der Waals surface area contributed by atoms with E-state index in [0.717, 1.165) is 19.3 Å². The van der Waals surface area contributed by atoms with Gasteiger partial charge in [0.1, 0.15) is 0 Å². The van der Waals surface area contributed by atoms with E-state index in [4.69, 9.17) is 0 Å². The minimum absolute atomic E-state index is 0.0487. The standard InChI is InChI=1S/C19H23NO3/c1-12-8-14(18(22)23)11-20(10-12)17(21)16-9-19(16)7-6-13-4-2-3-5-15(13)19/h2-5,12,14,16H,6-11H2,1H3,(H,22,23). The minimum atomic E-state index is -0.772. The lowest BCUT2D eigenvalue weighted by Gasteiger charge is -2.35. The van der Waals surface area contributed by atoms with E-state index in [1.165, 1.54) is 11.1 Å². The van der Waals surface area contributed by atoms with Gasteiger partial charge in [-0.1, -0.05) is 31.2 Å². The highest BCUT2D eigenvalue weighted by molar-refractivity contribution is 5.86. The second-order valence-electron chi connectivity index (χ2n) is 7.69. The Hall–Kier alpha value is -1.84. The number of carboxylic acid groups (broad SMARTS) is 1. The van der Waals surface area contributed by atoms with E-state index >= 15 is 0 Å². The first-order valence-corrected chi connectivity index (χ1v) is 8.61. The van der Waals surface area contributed by atoms with Crippen molar-refractivity contribution >= 4 is 11.9 Å². The number of piperidine rings is 1. The fourth-order valence-electron chi connectivity index (χ4n) is 4.85. The van der Waals surface area contributed by atoms with Gasteiger partial charge in [-0.15, -0.1) is 0 Å². The van der Waals surface area contributed by atoms with Crippen LogP contribution in [0.15, 0.2) is 24.3 Å². The number of rotatable bonds is 2. The van der Waals surface area contributed by atoms with Gasteiger partial charge in [0.05, 0.1) is 5.92 Å². The maximum absolute atomic E-state index is 13.0. The first-order valence-electron chi connectivity index (χ1n) is 8.61. The summed E-state index contributed by atoms with van der Waals surface area (Å²) in [5, 5.41) is 9.31. The number of aliphatic carboxylic acids is 1. The molecule has 4 nitrogen and oxygen atoms in total. The van der Waals surface area contributed by atoms with Gasteiger partial charge in [0.15, 0.2) is 0 Å². The number of nitrogens with zero attached hydrogens (tertiary/aromatic N) is 1. The fourth-order valence-corrected chi connectivity index (χ4v) is 4.85. The second kappa shape index (κ2) is 5.08. The van der Waals surface area contributed by atoms with Gasteiger partial charge in [0.2, 0.25) is 5.91 Å². The fraction of sp³-hybridized carbons (Fsp3) is 0.579. The van der Waals surface area contributed by atoms with Crippen LogP contribution in [0.2, 0.25) is 0 Å². The molecule has 122 valence electrons. The van der Waals surface area contributed by atoms with Crippen molar-refractivity contribution in [2.45, 2.75) is 38.0 Å². The van der Waals surface area contributed by atoms with Gasteiger partial charge in [0.25, 0.3) is 0 Å². The predicted octanol–water partition coefficient (Wildman–Crippen LogP) is 2.46. The van der Waals surface area contributed by atoms with Gasteiger partial charge in [-0.3, -0.25) is 9.59 Å². The van der Waals surface area contributed by atoms with Crippen LogP contribution in [0, 0.1) is 17.8 Å². The number of hydrogen-bond acceptors (Lipinski definition) is 2. The van der Waals surface area contributed by atoms with Gasteiger partial charge in [0, 0.05) is 24.4 Å². The molecule has 1 N–H and O–H groups in total. The summed E-state index contributed by atoms with van der Waals surface area (Å²) in [6.07, 6.45) is 3.74. The van der Waals surface area contributed by atoms with Crippen LogP contribution in [-0.4, -0.2) is 35.0 Å². The maximum Gasteiger partial charge on any atom is 0.308 e. The molecule has 4 atom stereocenters. The van der Waals surface area contributed by atoms with Crippen molar-refractivity contribution in [3.8, 4) is 0 Å². The summed E-state index contributed by atoms with van der Waals surface area (Å²) in [5.41, 5.74) is 2.80. The molecular formula is C19H23NO3. The van der Waals surface area contributed by atoms with Gasteiger partial charge in [-0.2, -0.15) is 0 Å². The Morgan fingerprint density at radius 1 is 1.26 bits per heavy atom. The minimum Gasteiger partial charge on any atom is -0.481 e. The predicted molar refractivity (Wildman–Crippen MR) is 86.0 cm³/mol. The zero-order valence-corrected chi connectivity index (χ0v) is 13.5.